The van der Waals surface area contributed by atoms with E-state index in [9.17, 15) is 14.9 Å². The van der Waals surface area contributed by atoms with Crippen LogP contribution in [0.15, 0.2) is 18.2 Å². The Balaban J connectivity index is 3.05. The molecule has 0 aliphatic heterocycles. The van der Waals surface area contributed by atoms with Gasteiger partial charge in [-0.2, -0.15) is 0 Å². The molecule has 110 valence electrons. The molecule has 0 aliphatic carbocycles. The average molecular weight is 282 g/mol. The number of nitro groups is 1. The maximum absolute atomic E-state index is 11.5. The van der Waals surface area contributed by atoms with Crippen molar-refractivity contribution in [1.29, 1.82) is 0 Å². The van der Waals surface area contributed by atoms with Crippen molar-refractivity contribution in [3.05, 3.63) is 33.9 Å². The molecule has 0 N–H and O–H groups in total. The highest BCUT2D eigenvalue weighted by atomic mass is 16.6. The predicted octanol–water partition coefficient (Wildman–Crippen LogP) is 1.85. The Morgan fingerprint density at radius 3 is 2.65 bits per heavy atom. The Labute approximate surface area is 117 Å². The normalized spacial score (nSPS) is 10.2. The standard InChI is InChI=1S/C13H18N2O5/c1-14(7-4-8-19-2)12-9-10(13(16)20-3)5-6-11(12)15(17)18/h5-6,9H,4,7-8H2,1-3H3. The summed E-state index contributed by atoms with van der Waals surface area (Å²) in [5, 5.41) is 11.0. The van der Waals surface area contributed by atoms with Crippen LogP contribution in [-0.2, 0) is 9.47 Å². The lowest BCUT2D eigenvalue weighted by molar-refractivity contribution is -0.384. The fourth-order valence-electron chi connectivity index (χ4n) is 1.79. The van der Waals surface area contributed by atoms with Crippen molar-refractivity contribution in [2.45, 2.75) is 6.42 Å². The van der Waals surface area contributed by atoms with E-state index >= 15 is 0 Å². The second-order valence-electron chi connectivity index (χ2n) is 4.22. The summed E-state index contributed by atoms with van der Waals surface area (Å²) in [7, 11) is 4.60. The SMILES string of the molecule is COCCCN(C)c1cc(C(=O)OC)ccc1[N+](=O)[O-]. The molecule has 1 aromatic carbocycles. The van der Waals surface area contributed by atoms with Crippen molar-refractivity contribution in [2.24, 2.45) is 0 Å². The monoisotopic (exact) mass is 282 g/mol. The minimum absolute atomic E-state index is 0.0439. The highest BCUT2D eigenvalue weighted by molar-refractivity contribution is 5.91. The van der Waals surface area contributed by atoms with Crippen molar-refractivity contribution < 1.29 is 19.2 Å². The fraction of sp³-hybridized carbons (Fsp3) is 0.462. The van der Waals surface area contributed by atoms with Gasteiger partial charge >= 0.3 is 5.97 Å². The summed E-state index contributed by atoms with van der Waals surface area (Å²) in [6.45, 7) is 1.15. The van der Waals surface area contributed by atoms with E-state index < -0.39 is 10.9 Å². The van der Waals surface area contributed by atoms with E-state index in [1.165, 1.54) is 25.3 Å². The molecule has 0 unspecified atom stereocenters. The summed E-state index contributed by atoms with van der Waals surface area (Å²) < 4.78 is 9.57. The second kappa shape index (κ2) is 7.44. The second-order valence-corrected chi connectivity index (χ2v) is 4.22. The van der Waals surface area contributed by atoms with Gasteiger partial charge in [0.1, 0.15) is 5.69 Å². The van der Waals surface area contributed by atoms with E-state index in [2.05, 4.69) is 4.74 Å². The molecule has 0 bridgehead atoms. The van der Waals surface area contributed by atoms with Crippen molar-refractivity contribution in [2.75, 3.05) is 39.3 Å². The number of carbonyl (C=O) groups is 1. The molecular weight excluding hydrogens is 264 g/mol. The largest absolute Gasteiger partial charge is 0.465 e. The molecule has 0 heterocycles. The van der Waals surface area contributed by atoms with Crippen LogP contribution >= 0.6 is 0 Å². The van der Waals surface area contributed by atoms with Gasteiger partial charge in [0.15, 0.2) is 0 Å². The summed E-state index contributed by atoms with van der Waals surface area (Å²) >= 11 is 0. The van der Waals surface area contributed by atoms with Gasteiger partial charge in [-0.05, 0) is 18.6 Å². The Kier molecular flexibility index (Phi) is 5.92. The molecule has 7 heteroatoms. The lowest BCUT2D eigenvalue weighted by Gasteiger charge is -2.19. The summed E-state index contributed by atoms with van der Waals surface area (Å²) in [4.78, 5) is 23.8. The van der Waals surface area contributed by atoms with Gasteiger partial charge < -0.3 is 14.4 Å². The van der Waals surface area contributed by atoms with Gasteiger partial charge in [0.25, 0.3) is 5.69 Å². The van der Waals surface area contributed by atoms with Crippen LogP contribution in [0, 0.1) is 10.1 Å². The predicted molar refractivity (Wildman–Crippen MR) is 74.2 cm³/mol. The topological polar surface area (TPSA) is 81.9 Å². The molecule has 7 nitrogen and oxygen atoms in total. The lowest BCUT2D eigenvalue weighted by atomic mass is 10.1. The van der Waals surface area contributed by atoms with E-state index in [4.69, 9.17) is 4.74 Å². The van der Waals surface area contributed by atoms with Crippen LogP contribution in [0.1, 0.15) is 16.8 Å². The number of nitrogens with zero attached hydrogens (tertiary/aromatic N) is 2. The maximum atomic E-state index is 11.5. The first-order chi connectivity index (χ1) is 9.51. The van der Waals surface area contributed by atoms with Crippen molar-refractivity contribution >= 4 is 17.3 Å². The van der Waals surface area contributed by atoms with Crippen LogP contribution in [0.5, 0.6) is 0 Å². The Morgan fingerprint density at radius 1 is 1.40 bits per heavy atom. The van der Waals surface area contributed by atoms with Crippen molar-refractivity contribution in [3.63, 3.8) is 0 Å². The number of nitro benzene ring substituents is 1. The molecular formula is C13H18N2O5. The molecule has 0 fully saturated rings. The minimum atomic E-state index is -0.522. The average Bonchev–Trinajstić information content (AvgIpc) is 2.45. The summed E-state index contributed by atoms with van der Waals surface area (Å²) in [6.07, 6.45) is 0.729. The van der Waals surface area contributed by atoms with Gasteiger partial charge in [0.05, 0.1) is 17.6 Å². The van der Waals surface area contributed by atoms with Crippen LogP contribution in [0.25, 0.3) is 0 Å². The quantitative estimate of drug-likeness (QED) is 0.328. The number of carbonyl (C=O) groups excluding carboxylic acids is 1. The van der Waals surface area contributed by atoms with E-state index in [0.29, 0.717) is 18.8 Å². The zero-order chi connectivity index (χ0) is 15.1. The van der Waals surface area contributed by atoms with E-state index in [-0.39, 0.29) is 11.3 Å². The maximum Gasteiger partial charge on any atom is 0.337 e. The molecule has 0 aromatic heterocycles. The fourth-order valence-corrected chi connectivity index (χ4v) is 1.79. The number of ether oxygens (including phenoxy) is 2. The lowest BCUT2D eigenvalue weighted by Crippen LogP contribution is -2.21. The molecule has 0 aliphatic rings. The van der Waals surface area contributed by atoms with E-state index in [1.807, 2.05) is 0 Å². The Morgan fingerprint density at radius 2 is 2.10 bits per heavy atom. The Hall–Kier alpha value is -2.15. The van der Waals surface area contributed by atoms with Crippen molar-refractivity contribution in [3.8, 4) is 0 Å². The summed E-state index contributed by atoms with van der Waals surface area (Å²) in [5.74, 6) is -0.522. The van der Waals surface area contributed by atoms with E-state index in [1.54, 1.807) is 19.1 Å². The first kappa shape index (κ1) is 15.9. The third kappa shape index (κ3) is 3.92. The van der Waals surface area contributed by atoms with Gasteiger partial charge in [-0.25, -0.2) is 4.79 Å². The van der Waals surface area contributed by atoms with Gasteiger partial charge in [-0.15, -0.1) is 0 Å². The number of hydrogen-bond acceptors (Lipinski definition) is 6. The molecule has 0 spiro atoms. The molecule has 1 aromatic rings. The smallest absolute Gasteiger partial charge is 0.337 e. The van der Waals surface area contributed by atoms with E-state index in [0.717, 1.165) is 6.42 Å². The van der Waals surface area contributed by atoms with Crippen LogP contribution < -0.4 is 4.90 Å². The van der Waals surface area contributed by atoms with Crippen LogP contribution in [0.2, 0.25) is 0 Å². The van der Waals surface area contributed by atoms with Gasteiger partial charge in [-0.1, -0.05) is 0 Å². The molecule has 0 amide bonds. The van der Waals surface area contributed by atoms with Crippen molar-refractivity contribution in [1.82, 2.24) is 0 Å². The molecule has 0 saturated carbocycles. The molecule has 0 radical (unpaired) electrons. The third-order valence-corrected chi connectivity index (χ3v) is 2.85. The minimum Gasteiger partial charge on any atom is -0.465 e. The number of anilines is 1. The van der Waals surface area contributed by atoms with Crippen LogP contribution in [-0.4, -0.2) is 45.3 Å². The highest BCUT2D eigenvalue weighted by Crippen LogP contribution is 2.28. The highest BCUT2D eigenvalue weighted by Gasteiger charge is 2.19. The number of benzene rings is 1. The molecule has 0 atom stereocenters. The number of esters is 1. The summed E-state index contributed by atoms with van der Waals surface area (Å²) in [6, 6.07) is 4.17. The first-order valence-electron chi connectivity index (χ1n) is 6.08. The zero-order valence-corrected chi connectivity index (χ0v) is 11.8. The number of hydrogen-bond donors (Lipinski definition) is 0. The van der Waals surface area contributed by atoms with Gasteiger partial charge in [-0.3, -0.25) is 10.1 Å². The van der Waals surface area contributed by atoms with Gasteiger partial charge in [0.2, 0.25) is 0 Å². The van der Waals surface area contributed by atoms with Crippen LogP contribution in [0.3, 0.4) is 0 Å². The zero-order valence-electron chi connectivity index (χ0n) is 11.8. The molecule has 0 saturated heterocycles. The molecule has 1 rings (SSSR count). The number of methoxy groups -OCH3 is 2. The molecule has 20 heavy (non-hydrogen) atoms. The number of rotatable bonds is 7. The first-order valence-corrected chi connectivity index (χ1v) is 6.08. The Bertz CT molecular complexity index is 490. The third-order valence-electron chi connectivity index (χ3n) is 2.85. The summed E-state index contributed by atoms with van der Waals surface area (Å²) in [5.41, 5.74) is 0.623. The van der Waals surface area contributed by atoms with Crippen LogP contribution in [0.4, 0.5) is 11.4 Å². The van der Waals surface area contributed by atoms with Gasteiger partial charge in [0, 0.05) is 33.4 Å².